The first-order valence-electron chi connectivity index (χ1n) is 8.82. The van der Waals surface area contributed by atoms with Crippen LogP contribution in [0.4, 0.5) is 0 Å². The molecular formula is C17H30N2. The number of nitrogens with one attached hydrogen (secondary N) is 2. The summed E-state index contributed by atoms with van der Waals surface area (Å²) in [7, 11) is 0. The lowest BCUT2D eigenvalue weighted by atomic mass is 10.0. The van der Waals surface area contributed by atoms with E-state index in [1.807, 2.05) is 0 Å². The molecule has 6 atom stereocenters. The molecule has 0 aromatic rings. The second-order valence-electron chi connectivity index (χ2n) is 7.82. The Morgan fingerprint density at radius 1 is 1.05 bits per heavy atom. The first-order chi connectivity index (χ1) is 9.33. The summed E-state index contributed by atoms with van der Waals surface area (Å²) < 4.78 is 0. The van der Waals surface area contributed by atoms with E-state index in [-0.39, 0.29) is 0 Å². The van der Waals surface area contributed by atoms with Gasteiger partial charge in [-0.3, -0.25) is 0 Å². The molecular weight excluding hydrogens is 232 g/mol. The van der Waals surface area contributed by atoms with Gasteiger partial charge in [0.25, 0.3) is 0 Å². The van der Waals surface area contributed by atoms with E-state index in [4.69, 9.17) is 0 Å². The van der Waals surface area contributed by atoms with Crippen LogP contribution in [0.25, 0.3) is 0 Å². The van der Waals surface area contributed by atoms with Crippen LogP contribution in [0.15, 0.2) is 0 Å². The van der Waals surface area contributed by atoms with Crippen molar-refractivity contribution < 1.29 is 0 Å². The highest BCUT2D eigenvalue weighted by Gasteiger charge is 2.64. The van der Waals surface area contributed by atoms with Crippen LogP contribution in [0.5, 0.6) is 0 Å². The smallest absolute Gasteiger partial charge is 0.0138 e. The lowest BCUT2D eigenvalue weighted by molar-refractivity contribution is 0.371. The SMILES string of the molecule is CC(CC1CCCCCN1)NC1C2C3CCC(C3)C12. The Hall–Kier alpha value is -0.0800. The van der Waals surface area contributed by atoms with Crippen LogP contribution in [0.2, 0.25) is 0 Å². The maximum Gasteiger partial charge on any atom is 0.0138 e. The Labute approximate surface area is 118 Å². The summed E-state index contributed by atoms with van der Waals surface area (Å²) in [6.07, 6.45) is 11.6. The molecule has 19 heavy (non-hydrogen) atoms. The van der Waals surface area contributed by atoms with E-state index in [1.165, 1.54) is 38.6 Å². The van der Waals surface area contributed by atoms with Gasteiger partial charge in [-0.05, 0) is 75.7 Å². The van der Waals surface area contributed by atoms with E-state index >= 15 is 0 Å². The number of hydrogen-bond donors (Lipinski definition) is 2. The minimum atomic E-state index is 0.714. The minimum Gasteiger partial charge on any atom is -0.314 e. The zero-order valence-corrected chi connectivity index (χ0v) is 12.4. The maximum atomic E-state index is 3.98. The molecule has 2 nitrogen and oxygen atoms in total. The second kappa shape index (κ2) is 5.04. The van der Waals surface area contributed by atoms with Crippen LogP contribution in [0.1, 0.15) is 58.3 Å². The Kier molecular flexibility index (Phi) is 3.35. The average Bonchev–Trinajstić information content (AvgIpc) is 2.87. The number of fused-ring (bicyclic) bond motifs is 5. The molecule has 108 valence electrons. The zero-order chi connectivity index (χ0) is 12.8. The number of hydrogen-bond acceptors (Lipinski definition) is 2. The van der Waals surface area contributed by atoms with Crippen molar-refractivity contribution >= 4 is 0 Å². The number of rotatable bonds is 4. The highest BCUT2D eigenvalue weighted by molar-refractivity contribution is 5.17. The van der Waals surface area contributed by atoms with Crippen molar-refractivity contribution in [1.29, 1.82) is 0 Å². The van der Waals surface area contributed by atoms with Crippen molar-refractivity contribution in [3.8, 4) is 0 Å². The molecule has 3 aliphatic carbocycles. The van der Waals surface area contributed by atoms with Gasteiger partial charge >= 0.3 is 0 Å². The average molecular weight is 262 g/mol. The molecule has 3 saturated carbocycles. The van der Waals surface area contributed by atoms with Gasteiger partial charge in [-0.15, -0.1) is 0 Å². The molecule has 1 saturated heterocycles. The second-order valence-corrected chi connectivity index (χ2v) is 7.82. The van der Waals surface area contributed by atoms with Crippen molar-refractivity contribution in [2.75, 3.05) is 6.54 Å². The Balaban J connectivity index is 1.25. The Bertz CT molecular complexity index is 305. The maximum absolute atomic E-state index is 3.98. The summed E-state index contributed by atoms with van der Waals surface area (Å²) in [6, 6.07) is 2.40. The predicted octanol–water partition coefficient (Wildman–Crippen LogP) is 2.93. The van der Waals surface area contributed by atoms with Gasteiger partial charge in [0.15, 0.2) is 0 Å². The highest BCUT2D eigenvalue weighted by Crippen LogP contribution is 2.65. The van der Waals surface area contributed by atoms with Crippen LogP contribution in [-0.4, -0.2) is 24.7 Å². The van der Waals surface area contributed by atoms with Gasteiger partial charge in [0.05, 0.1) is 0 Å². The lowest BCUT2D eigenvalue weighted by Crippen LogP contribution is -2.39. The fourth-order valence-electron chi connectivity index (χ4n) is 5.67. The fourth-order valence-corrected chi connectivity index (χ4v) is 5.67. The molecule has 1 heterocycles. The van der Waals surface area contributed by atoms with Gasteiger partial charge in [0, 0.05) is 18.1 Å². The van der Waals surface area contributed by atoms with E-state index in [1.54, 1.807) is 19.3 Å². The predicted molar refractivity (Wildman–Crippen MR) is 79.1 cm³/mol. The quantitative estimate of drug-likeness (QED) is 0.814. The zero-order valence-electron chi connectivity index (χ0n) is 12.4. The molecule has 2 heteroatoms. The molecule has 0 aromatic carbocycles. The third-order valence-electron chi connectivity index (χ3n) is 6.51. The molecule has 0 aromatic heterocycles. The minimum absolute atomic E-state index is 0.714. The summed E-state index contributed by atoms with van der Waals surface area (Å²) in [5.41, 5.74) is 0. The third-order valence-corrected chi connectivity index (χ3v) is 6.51. The largest absolute Gasteiger partial charge is 0.314 e. The van der Waals surface area contributed by atoms with E-state index in [0.29, 0.717) is 6.04 Å². The topological polar surface area (TPSA) is 24.1 Å². The molecule has 6 unspecified atom stereocenters. The van der Waals surface area contributed by atoms with Crippen LogP contribution in [-0.2, 0) is 0 Å². The van der Waals surface area contributed by atoms with Gasteiger partial charge in [-0.25, -0.2) is 0 Å². The highest BCUT2D eigenvalue weighted by atomic mass is 15.1. The Morgan fingerprint density at radius 3 is 2.63 bits per heavy atom. The van der Waals surface area contributed by atoms with Gasteiger partial charge in [0.2, 0.25) is 0 Å². The molecule has 4 fully saturated rings. The van der Waals surface area contributed by atoms with Crippen molar-refractivity contribution in [2.24, 2.45) is 23.7 Å². The van der Waals surface area contributed by atoms with Crippen molar-refractivity contribution in [3.05, 3.63) is 0 Å². The van der Waals surface area contributed by atoms with Crippen molar-refractivity contribution in [2.45, 2.75) is 76.4 Å². The van der Waals surface area contributed by atoms with E-state index < -0.39 is 0 Å². The fraction of sp³-hybridized carbons (Fsp3) is 1.00. The molecule has 1 aliphatic heterocycles. The third kappa shape index (κ3) is 2.35. The summed E-state index contributed by atoms with van der Waals surface area (Å²) in [6.45, 7) is 3.67. The first-order valence-corrected chi connectivity index (χ1v) is 8.82. The summed E-state index contributed by atoms with van der Waals surface area (Å²) in [5.74, 6) is 4.39. The van der Waals surface area contributed by atoms with Crippen LogP contribution >= 0.6 is 0 Å². The van der Waals surface area contributed by atoms with Crippen LogP contribution in [0.3, 0.4) is 0 Å². The monoisotopic (exact) mass is 262 g/mol. The van der Waals surface area contributed by atoms with Gasteiger partial charge in [-0.2, -0.15) is 0 Å². The first kappa shape index (κ1) is 12.6. The van der Waals surface area contributed by atoms with Gasteiger partial charge in [-0.1, -0.05) is 12.8 Å². The van der Waals surface area contributed by atoms with E-state index in [0.717, 1.165) is 35.8 Å². The molecule has 0 spiro atoms. The van der Waals surface area contributed by atoms with Crippen LogP contribution in [0, 0.1) is 23.7 Å². The molecule has 2 bridgehead atoms. The summed E-state index contributed by atoms with van der Waals surface area (Å²) in [4.78, 5) is 0. The van der Waals surface area contributed by atoms with Crippen LogP contribution < -0.4 is 10.6 Å². The van der Waals surface area contributed by atoms with E-state index in [2.05, 4.69) is 17.6 Å². The molecule has 4 rings (SSSR count). The van der Waals surface area contributed by atoms with E-state index in [9.17, 15) is 0 Å². The Morgan fingerprint density at radius 2 is 1.84 bits per heavy atom. The molecule has 2 N–H and O–H groups in total. The summed E-state index contributed by atoms with van der Waals surface area (Å²) >= 11 is 0. The summed E-state index contributed by atoms with van der Waals surface area (Å²) in [5, 5.41) is 7.73. The normalized spacial score (nSPS) is 49.7. The van der Waals surface area contributed by atoms with Gasteiger partial charge in [0.1, 0.15) is 0 Å². The van der Waals surface area contributed by atoms with Crippen molar-refractivity contribution in [1.82, 2.24) is 10.6 Å². The standard InChI is InChI=1S/C17H30N2/c1-11(9-14-5-3-2-4-8-18-14)19-17-15-12-6-7-13(10-12)16(15)17/h11-19H,2-10H2,1H3. The lowest BCUT2D eigenvalue weighted by Gasteiger charge is -2.23. The van der Waals surface area contributed by atoms with Gasteiger partial charge < -0.3 is 10.6 Å². The van der Waals surface area contributed by atoms with Crippen molar-refractivity contribution in [3.63, 3.8) is 0 Å². The molecule has 4 aliphatic rings. The molecule has 0 radical (unpaired) electrons. The molecule has 0 amide bonds.